The Bertz CT molecular complexity index is 1380. The molecule has 0 aliphatic carbocycles. The van der Waals surface area contributed by atoms with Gasteiger partial charge in [0.1, 0.15) is 15.6 Å². The first-order valence-corrected chi connectivity index (χ1v) is 12.4. The number of amides is 2. The summed E-state index contributed by atoms with van der Waals surface area (Å²) in [7, 11) is 0. The van der Waals surface area contributed by atoms with Gasteiger partial charge in [-0.15, -0.1) is 11.3 Å². The molecule has 36 heavy (non-hydrogen) atoms. The van der Waals surface area contributed by atoms with Gasteiger partial charge in [0.15, 0.2) is 0 Å². The minimum absolute atomic E-state index is 0.105. The summed E-state index contributed by atoms with van der Waals surface area (Å²) in [5, 5.41) is 9.59. The molecule has 0 unspecified atom stereocenters. The fourth-order valence-corrected chi connectivity index (χ4v) is 4.83. The average Bonchev–Trinajstić information content (AvgIpc) is 3.19. The number of anilines is 5. The molecule has 3 aromatic carbocycles. The van der Waals surface area contributed by atoms with Gasteiger partial charge in [-0.2, -0.15) is 0 Å². The van der Waals surface area contributed by atoms with E-state index in [0.717, 1.165) is 33.8 Å². The van der Waals surface area contributed by atoms with E-state index in [-0.39, 0.29) is 16.1 Å². The molecular formula is C28H28N4O3S. The summed E-state index contributed by atoms with van der Waals surface area (Å²) >= 11 is 1.13. The number of benzene rings is 3. The lowest BCUT2D eigenvalue weighted by molar-refractivity contribution is 0.102. The zero-order valence-corrected chi connectivity index (χ0v) is 21.2. The van der Waals surface area contributed by atoms with E-state index in [1.54, 1.807) is 12.1 Å². The molecule has 0 fully saturated rings. The summed E-state index contributed by atoms with van der Waals surface area (Å²) in [4.78, 5) is 27.0. The Balaban J connectivity index is 1.71. The van der Waals surface area contributed by atoms with Gasteiger partial charge in [0.2, 0.25) is 0 Å². The van der Waals surface area contributed by atoms with E-state index in [4.69, 9.17) is 10.5 Å². The number of para-hydroxylation sites is 4. The van der Waals surface area contributed by atoms with Crippen LogP contribution in [0.15, 0.2) is 72.8 Å². The van der Waals surface area contributed by atoms with Crippen molar-refractivity contribution in [3.63, 3.8) is 0 Å². The van der Waals surface area contributed by atoms with Crippen molar-refractivity contribution in [1.29, 1.82) is 0 Å². The van der Waals surface area contributed by atoms with Gasteiger partial charge in [-0.25, -0.2) is 0 Å². The number of hydrogen-bond acceptors (Lipinski definition) is 6. The van der Waals surface area contributed by atoms with E-state index in [0.29, 0.717) is 23.0 Å². The lowest BCUT2D eigenvalue weighted by Crippen LogP contribution is -2.17. The van der Waals surface area contributed by atoms with Gasteiger partial charge in [0, 0.05) is 11.4 Å². The standard InChI is InChI=1S/C28H28N4O3S/c1-4-35-21-16-9-8-15-20(21)31-27(34)25-23(29)22(28(36-25)30-19-13-6-5-7-14-19)26(33)32-24-17(2)11-10-12-18(24)3/h5-16,30H,4,29H2,1-3H3,(H,31,34)(H,32,33). The van der Waals surface area contributed by atoms with Crippen molar-refractivity contribution in [3.05, 3.63) is 94.4 Å². The van der Waals surface area contributed by atoms with Gasteiger partial charge in [0.05, 0.1) is 23.5 Å². The van der Waals surface area contributed by atoms with E-state index in [1.807, 2.05) is 81.4 Å². The number of hydrogen-bond donors (Lipinski definition) is 4. The second kappa shape index (κ2) is 11.0. The van der Waals surface area contributed by atoms with E-state index >= 15 is 0 Å². The van der Waals surface area contributed by atoms with Crippen LogP contribution in [-0.2, 0) is 0 Å². The third-order valence-corrected chi connectivity index (χ3v) is 6.68. The lowest BCUT2D eigenvalue weighted by Gasteiger charge is -2.13. The van der Waals surface area contributed by atoms with Crippen LogP contribution in [-0.4, -0.2) is 18.4 Å². The molecule has 0 saturated heterocycles. The number of thiophene rings is 1. The molecule has 0 atom stereocenters. The Labute approximate surface area is 214 Å². The lowest BCUT2D eigenvalue weighted by atomic mass is 10.1. The number of carbonyl (C=O) groups excluding carboxylic acids is 2. The maximum atomic E-state index is 13.5. The summed E-state index contributed by atoms with van der Waals surface area (Å²) < 4.78 is 5.62. The largest absolute Gasteiger partial charge is 0.492 e. The molecule has 1 aromatic heterocycles. The molecule has 2 amide bonds. The Morgan fingerprint density at radius 2 is 1.53 bits per heavy atom. The molecule has 4 aromatic rings. The molecular weight excluding hydrogens is 472 g/mol. The summed E-state index contributed by atoms with van der Waals surface area (Å²) in [6.07, 6.45) is 0. The highest BCUT2D eigenvalue weighted by Gasteiger charge is 2.27. The molecule has 5 N–H and O–H groups in total. The molecule has 0 spiro atoms. The van der Waals surface area contributed by atoms with Gasteiger partial charge in [0.25, 0.3) is 11.8 Å². The van der Waals surface area contributed by atoms with Crippen LogP contribution in [0.25, 0.3) is 0 Å². The maximum absolute atomic E-state index is 13.5. The maximum Gasteiger partial charge on any atom is 0.268 e. The minimum atomic E-state index is -0.424. The SMILES string of the molecule is CCOc1ccccc1NC(=O)c1sc(Nc2ccccc2)c(C(=O)Nc2c(C)cccc2C)c1N. The highest BCUT2D eigenvalue weighted by Crippen LogP contribution is 2.39. The van der Waals surface area contributed by atoms with Gasteiger partial charge < -0.3 is 26.4 Å². The fourth-order valence-electron chi connectivity index (χ4n) is 3.80. The molecule has 7 nitrogen and oxygen atoms in total. The predicted octanol–water partition coefficient (Wildman–Crippen LogP) is 6.59. The Morgan fingerprint density at radius 3 is 2.22 bits per heavy atom. The van der Waals surface area contributed by atoms with Crippen molar-refractivity contribution in [2.75, 3.05) is 28.3 Å². The van der Waals surface area contributed by atoms with Crippen molar-refractivity contribution < 1.29 is 14.3 Å². The number of aryl methyl sites for hydroxylation is 2. The molecule has 0 bridgehead atoms. The average molecular weight is 501 g/mol. The highest BCUT2D eigenvalue weighted by atomic mass is 32.1. The zero-order chi connectivity index (χ0) is 25.7. The van der Waals surface area contributed by atoms with Crippen LogP contribution in [0.2, 0.25) is 0 Å². The number of carbonyl (C=O) groups is 2. The second-order valence-corrected chi connectivity index (χ2v) is 9.16. The first-order chi connectivity index (χ1) is 17.4. The summed E-state index contributed by atoms with van der Waals surface area (Å²) in [5.41, 5.74) is 10.7. The van der Waals surface area contributed by atoms with E-state index in [2.05, 4.69) is 16.0 Å². The van der Waals surface area contributed by atoms with Crippen LogP contribution in [0.5, 0.6) is 5.75 Å². The van der Waals surface area contributed by atoms with Crippen molar-refractivity contribution >= 4 is 50.9 Å². The highest BCUT2D eigenvalue weighted by molar-refractivity contribution is 7.19. The smallest absolute Gasteiger partial charge is 0.268 e. The molecule has 184 valence electrons. The van der Waals surface area contributed by atoms with Gasteiger partial charge in [-0.1, -0.05) is 48.5 Å². The monoisotopic (exact) mass is 500 g/mol. The van der Waals surface area contributed by atoms with E-state index < -0.39 is 11.8 Å². The van der Waals surface area contributed by atoms with E-state index in [1.165, 1.54) is 0 Å². The van der Waals surface area contributed by atoms with Crippen molar-refractivity contribution in [2.45, 2.75) is 20.8 Å². The number of nitrogens with one attached hydrogen (secondary N) is 3. The minimum Gasteiger partial charge on any atom is -0.492 e. The van der Waals surface area contributed by atoms with Crippen LogP contribution in [0.3, 0.4) is 0 Å². The molecule has 0 aliphatic rings. The zero-order valence-electron chi connectivity index (χ0n) is 20.3. The van der Waals surface area contributed by atoms with Crippen molar-refractivity contribution in [1.82, 2.24) is 0 Å². The van der Waals surface area contributed by atoms with Crippen LogP contribution in [0.4, 0.5) is 27.8 Å². The normalized spacial score (nSPS) is 10.5. The van der Waals surface area contributed by atoms with Crippen LogP contribution < -0.4 is 26.4 Å². The van der Waals surface area contributed by atoms with Gasteiger partial charge in [-0.3, -0.25) is 9.59 Å². The van der Waals surface area contributed by atoms with Crippen molar-refractivity contribution in [2.24, 2.45) is 0 Å². The summed E-state index contributed by atoms with van der Waals surface area (Å²) in [6, 6.07) is 22.4. The second-order valence-electron chi connectivity index (χ2n) is 8.14. The predicted molar refractivity (Wildman–Crippen MR) is 148 cm³/mol. The van der Waals surface area contributed by atoms with E-state index in [9.17, 15) is 9.59 Å². The Hall–Kier alpha value is -4.30. The molecule has 1 heterocycles. The van der Waals surface area contributed by atoms with Crippen LogP contribution in [0, 0.1) is 13.8 Å². The van der Waals surface area contributed by atoms with Gasteiger partial charge in [-0.05, 0) is 56.2 Å². The number of nitrogens with two attached hydrogens (primary N) is 1. The Kier molecular flexibility index (Phi) is 7.56. The third kappa shape index (κ3) is 5.34. The van der Waals surface area contributed by atoms with Crippen LogP contribution >= 0.6 is 11.3 Å². The first-order valence-electron chi connectivity index (χ1n) is 11.5. The van der Waals surface area contributed by atoms with Crippen molar-refractivity contribution in [3.8, 4) is 5.75 Å². The molecule has 0 aliphatic heterocycles. The molecule has 0 saturated carbocycles. The summed E-state index contributed by atoms with van der Waals surface area (Å²) in [5.74, 6) is -0.264. The quantitative estimate of drug-likeness (QED) is 0.218. The topological polar surface area (TPSA) is 105 Å². The Morgan fingerprint density at radius 1 is 0.861 bits per heavy atom. The molecule has 8 heteroatoms. The van der Waals surface area contributed by atoms with Gasteiger partial charge >= 0.3 is 0 Å². The number of rotatable bonds is 8. The first kappa shape index (κ1) is 24.8. The third-order valence-electron chi connectivity index (χ3n) is 5.56. The fraction of sp³-hybridized carbons (Fsp3) is 0.143. The number of ether oxygens (including phenoxy) is 1. The molecule has 4 rings (SSSR count). The molecule has 0 radical (unpaired) electrons. The number of nitrogen functional groups attached to an aromatic ring is 1. The summed E-state index contributed by atoms with van der Waals surface area (Å²) in [6.45, 7) is 6.19. The van der Waals surface area contributed by atoms with Crippen LogP contribution in [0.1, 0.15) is 38.1 Å².